The highest BCUT2D eigenvalue weighted by Gasteiger charge is 2.12. The van der Waals surface area contributed by atoms with Crippen molar-refractivity contribution in [2.45, 2.75) is 6.92 Å². The summed E-state index contributed by atoms with van der Waals surface area (Å²) in [5.41, 5.74) is 0.325. The lowest BCUT2D eigenvalue weighted by atomic mass is 10.2. The molecule has 0 heterocycles. The molecular weight excluding hydrogens is 228 g/mol. The van der Waals surface area contributed by atoms with Crippen molar-refractivity contribution in [2.75, 3.05) is 13.2 Å². The van der Waals surface area contributed by atoms with E-state index < -0.39 is 0 Å². The van der Waals surface area contributed by atoms with E-state index in [0.717, 1.165) is 0 Å². The van der Waals surface area contributed by atoms with E-state index >= 15 is 0 Å². The molecular formula is C12H11ClO3. The normalized spacial score (nSPS) is 9.31. The number of ether oxygens (including phenoxy) is 2. The molecule has 0 unspecified atom stereocenters. The van der Waals surface area contributed by atoms with Crippen LogP contribution < -0.4 is 9.47 Å². The minimum absolute atomic E-state index is 0.0720. The van der Waals surface area contributed by atoms with Gasteiger partial charge in [0.25, 0.3) is 0 Å². The van der Waals surface area contributed by atoms with Crippen molar-refractivity contribution in [1.29, 1.82) is 0 Å². The average molecular weight is 239 g/mol. The van der Waals surface area contributed by atoms with Crippen molar-refractivity contribution < 1.29 is 14.3 Å². The highest BCUT2D eigenvalue weighted by Crippen LogP contribution is 2.34. The van der Waals surface area contributed by atoms with E-state index in [-0.39, 0.29) is 6.61 Å². The van der Waals surface area contributed by atoms with Crippen molar-refractivity contribution in [3.8, 4) is 23.8 Å². The molecule has 0 saturated heterocycles. The number of aldehydes is 1. The molecule has 0 bridgehead atoms. The number of halogens is 1. The van der Waals surface area contributed by atoms with E-state index in [2.05, 4.69) is 5.92 Å². The number of terminal acetylenes is 1. The lowest BCUT2D eigenvalue weighted by molar-refractivity contribution is 0.111. The molecule has 84 valence electrons. The Kier molecular flexibility index (Phi) is 4.68. The highest BCUT2D eigenvalue weighted by atomic mass is 35.5. The number of benzene rings is 1. The molecule has 0 N–H and O–H groups in total. The van der Waals surface area contributed by atoms with Gasteiger partial charge >= 0.3 is 0 Å². The SMILES string of the molecule is C#CCOc1c(C=O)cc(Cl)cc1OCC. The maximum absolute atomic E-state index is 10.9. The second-order valence-electron chi connectivity index (χ2n) is 2.87. The summed E-state index contributed by atoms with van der Waals surface area (Å²) >= 11 is 5.84. The second kappa shape index (κ2) is 6.04. The summed E-state index contributed by atoms with van der Waals surface area (Å²) in [5.74, 6) is 3.08. The van der Waals surface area contributed by atoms with Crippen molar-refractivity contribution in [3.63, 3.8) is 0 Å². The predicted octanol–water partition coefficient (Wildman–Crippen LogP) is 2.56. The fourth-order valence-electron chi connectivity index (χ4n) is 1.21. The van der Waals surface area contributed by atoms with Crippen molar-refractivity contribution >= 4 is 17.9 Å². The molecule has 3 nitrogen and oxygen atoms in total. The Labute approximate surface area is 99.3 Å². The molecule has 0 fully saturated rings. The van der Waals surface area contributed by atoms with Crippen molar-refractivity contribution in [3.05, 3.63) is 22.7 Å². The zero-order chi connectivity index (χ0) is 12.0. The third kappa shape index (κ3) is 2.91. The zero-order valence-corrected chi connectivity index (χ0v) is 9.58. The summed E-state index contributed by atoms with van der Waals surface area (Å²) in [6.45, 7) is 2.35. The number of rotatable bonds is 5. The summed E-state index contributed by atoms with van der Waals surface area (Å²) in [6.07, 6.45) is 5.74. The van der Waals surface area contributed by atoms with Gasteiger partial charge in [0.1, 0.15) is 6.61 Å². The first-order valence-corrected chi connectivity index (χ1v) is 5.08. The predicted molar refractivity (Wildman–Crippen MR) is 62.3 cm³/mol. The lowest BCUT2D eigenvalue weighted by Gasteiger charge is -2.12. The summed E-state index contributed by atoms with van der Waals surface area (Å²) in [6, 6.07) is 3.09. The van der Waals surface area contributed by atoms with Crippen LogP contribution in [-0.2, 0) is 0 Å². The van der Waals surface area contributed by atoms with Gasteiger partial charge in [0.2, 0.25) is 0 Å². The standard InChI is InChI=1S/C12H11ClO3/c1-3-5-16-12-9(8-14)6-10(13)7-11(12)15-4-2/h1,6-8H,4-5H2,2H3. The third-order valence-electron chi connectivity index (χ3n) is 1.77. The monoisotopic (exact) mass is 238 g/mol. The molecule has 0 aromatic heterocycles. The topological polar surface area (TPSA) is 35.5 Å². The van der Waals surface area contributed by atoms with Gasteiger partial charge in [0, 0.05) is 11.1 Å². The number of carbonyl (C=O) groups excluding carboxylic acids is 1. The Bertz CT molecular complexity index is 421. The smallest absolute Gasteiger partial charge is 0.173 e. The molecule has 4 heteroatoms. The van der Waals surface area contributed by atoms with Gasteiger partial charge in [0.15, 0.2) is 17.8 Å². The largest absolute Gasteiger partial charge is 0.490 e. The minimum atomic E-state index is 0.0720. The van der Waals surface area contributed by atoms with Gasteiger partial charge < -0.3 is 9.47 Å². The third-order valence-corrected chi connectivity index (χ3v) is 1.99. The molecule has 0 aliphatic rings. The first-order chi connectivity index (χ1) is 7.72. The second-order valence-corrected chi connectivity index (χ2v) is 3.30. The summed E-state index contributed by atoms with van der Waals surface area (Å²) in [5, 5.41) is 0.415. The first kappa shape index (κ1) is 12.4. The van der Waals surface area contributed by atoms with E-state index in [4.69, 9.17) is 27.5 Å². The van der Waals surface area contributed by atoms with Crippen molar-refractivity contribution in [2.24, 2.45) is 0 Å². The Morgan fingerprint density at radius 2 is 2.25 bits per heavy atom. The van der Waals surface area contributed by atoms with Crippen LogP contribution in [0.3, 0.4) is 0 Å². The van der Waals surface area contributed by atoms with Crippen molar-refractivity contribution in [1.82, 2.24) is 0 Å². The Morgan fingerprint density at radius 3 is 2.81 bits per heavy atom. The fraction of sp³-hybridized carbons (Fsp3) is 0.250. The van der Waals surface area contributed by atoms with E-state index in [0.29, 0.717) is 35.0 Å². The van der Waals surface area contributed by atoms with E-state index in [1.165, 1.54) is 6.07 Å². The van der Waals surface area contributed by atoms with E-state index in [1.54, 1.807) is 6.07 Å². The molecule has 16 heavy (non-hydrogen) atoms. The molecule has 0 aliphatic carbocycles. The number of hydrogen-bond acceptors (Lipinski definition) is 3. The van der Waals surface area contributed by atoms with Gasteiger partial charge in [0.05, 0.1) is 12.2 Å². The van der Waals surface area contributed by atoms with Crippen LogP contribution in [0.5, 0.6) is 11.5 Å². The van der Waals surface area contributed by atoms with Crippen LogP contribution >= 0.6 is 11.6 Å². The molecule has 1 aromatic rings. The van der Waals surface area contributed by atoms with Crippen LogP contribution in [0.25, 0.3) is 0 Å². The molecule has 0 atom stereocenters. The minimum Gasteiger partial charge on any atom is -0.490 e. The zero-order valence-electron chi connectivity index (χ0n) is 8.83. The van der Waals surface area contributed by atoms with Crippen LogP contribution in [-0.4, -0.2) is 19.5 Å². The highest BCUT2D eigenvalue weighted by molar-refractivity contribution is 6.31. The van der Waals surface area contributed by atoms with Gasteiger partial charge in [-0.05, 0) is 13.0 Å². The Morgan fingerprint density at radius 1 is 1.50 bits per heavy atom. The van der Waals surface area contributed by atoms with Gasteiger partial charge in [-0.3, -0.25) is 4.79 Å². The maximum Gasteiger partial charge on any atom is 0.173 e. The van der Waals surface area contributed by atoms with Gasteiger partial charge in [-0.1, -0.05) is 17.5 Å². The molecule has 0 saturated carbocycles. The maximum atomic E-state index is 10.9. The first-order valence-electron chi connectivity index (χ1n) is 4.70. The fourth-order valence-corrected chi connectivity index (χ4v) is 1.42. The van der Waals surface area contributed by atoms with Gasteiger partial charge in [-0.25, -0.2) is 0 Å². The van der Waals surface area contributed by atoms with Crippen LogP contribution in [0.15, 0.2) is 12.1 Å². The number of hydrogen-bond donors (Lipinski definition) is 0. The van der Waals surface area contributed by atoms with E-state index in [9.17, 15) is 4.79 Å². The number of carbonyl (C=O) groups is 1. The van der Waals surface area contributed by atoms with Crippen LogP contribution in [0.2, 0.25) is 5.02 Å². The van der Waals surface area contributed by atoms with E-state index in [1.807, 2.05) is 6.92 Å². The van der Waals surface area contributed by atoms with Crippen LogP contribution in [0.1, 0.15) is 17.3 Å². The molecule has 1 rings (SSSR count). The molecule has 0 radical (unpaired) electrons. The Hall–Kier alpha value is -1.66. The summed E-state index contributed by atoms with van der Waals surface area (Å²) < 4.78 is 10.6. The Balaban J connectivity index is 3.16. The lowest BCUT2D eigenvalue weighted by Crippen LogP contribution is -2.02. The molecule has 0 spiro atoms. The van der Waals surface area contributed by atoms with Crippen LogP contribution in [0.4, 0.5) is 0 Å². The van der Waals surface area contributed by atoms with Crippen LogP contribution in [0, 0.1) is 12.3 Å². The average Bonchev–Trinajstić information content (AvgIpc) is 2.27. The summed E-state index contributed by atoms with van der Waals surface area (Å²) in [4.78, 5) is 10.9. The molecule has 0 amide bonds. The molecule has 0 aliphatic heterocycles. The summed E-state index contributed by atoms with van der Waals surface area (Å²) in [7, 11) is 0. The van der Waals surface area contributed by atoms with Gasteiger partial charge in [-0.2, -0.15) is 0 Å². The quantitative estimate of drug-likeness (QED) is 0.584. The van der Waals surface area contributed by atoms with Gasteiger partial charge in [-0.15, -0.1) is 6.42 Å². The molecule has 1 aromatic carbocycles.